The lowest BCUT2D eigenvalue weighted by molar-refractivity contribution is 0.0957. The number of aryl methyl sites for hydroxylation is 1. The fourth-order valence-electron chi connectivity index (χ4n) is 2.77. The summed E-state index contributed by atoms with van der Waals surface area (Å²) < 4.78 is 0. The van der Waals surface area contributed by atoms with Gasteiger partial charge >= 0.3 is 0 Å². The van der Waals surface area contributed by atoms with Gasteiger partial charge in [-0.05, 0) is 51.2 Å². The summed E-state index contributed by atoms with van der Waals surface area (Å²) in [7, 11) is 0. The van der Waals surface area contributed by atoms with Crippen LogP contribution in [0.2, 0.25) is 0 Å². The van der Waals surface area contributed by atoms with E-state index in [0.717, 1.165) is 22.7 Å². The van der Waals surface area contributed by atoms with Crippen LogP contribution in [0.5, 0.6) is 0 Å². The third kappa shape index (κ3) is 4.05. The number of nitrogens with one attached hydrogen (secondary N) is 1. The van der Waals surface area contributed by atoms with Crippen molar-refractivity contribution in [2.24, 2.45) is 0 Å². The summed E-state index contributed by atoms with van der Waals surface area (Å²) in [5, 5.41) is 3.90. The summed E-state index contributed by atoms with van der Waals surface area (Å²) in [6, 6.07) is 3.82. The van der Waals surface area contributed by atoms with E-state index in [2.05, 4.69) is 21.4 Å². The second kappa shape index (κ2) is 7.51. The summed E-state index contributed by atoms with van der Waals surface area (Å²) in [5.74, 6) is -0.0169. The van der Waals surface area contributed by atoms with E-state index in [1.54, 1.807) is 12.4 Å². The normalized spacial score (nSPS) is 14.4. The first-order valence-corrected chi connectivity index (χ1v) is 8.89. The second-order valence-electron chi connectivity index (χ2n) is 5.78. The number of carbonyl (C=O) groups is 1. The van der Waals surface area contributed by atoms with Crippen molar-refractivity contribution in [1.29, 1.82) is 0 Å². The van der Waals surface area contributed by atoms with Gasteiger partial charge in [0.2, 0.25) is 0 Å². The van der Waals surface area contributed by atoms with Crippen LogP contribution >= 0.6 is 11.3 Å². The van der Waals surface area contributed by atoms with Crippen molar-refractivity contribution in [1.82, 2.24) is 15.3 Å². The van der Waals surface area contributed by atoms with Crippen molar-refractivity contribution in [3.63, 3.8) is 0 Å². The molecule has 1 N–H and O–H groups in total. The molecule has 1 amide bonds. The maximum Gasteiger partial charge on any atom is 0.263 e. The lowest BCUT2D eigenvalue weighted by Gasteiger charge is -2.12. The maximum absolute atomic E-state index is 12.4. The van der Waals surface area contributed by atoms with Crippen LogP contribution in [-0.4, -0.2) is 22.4 Å². The molecule has 2 aromatic heterocycles. The Balaban J connectivity index is 1.61. The Morgan fingerprint density at radius 3 is 2.87 bits per heavy atom. The van der Waals surface area contributed by atoms with Gasteiger partial charge in [0.05, 0.1) is 5.69 Å². The number of nitrogens with zero attached hydrogens (tertiary/aromatic N) is 2. The van der Waals surface area contributed by atoms with E-state index in [1.165, 1.54) is 42.6 Å². The molecule has 0 saturated carbocycles. The average Bonchev–Trinajstić information content (AvgIpc) is 2.98. The SMILES string of the molecule is Cc1nc(-c2ccncc2)sc1C(=O)NCCC1=CCCCC1. The molecule has 2 heterocycles. The molecule has 3 rings (SSSR count). The maximum atomic E-state index is 12.4. The topological polar surface area (TPSA) is 54.9 Å². The van der Waals surface area contributed by atoms with Crippen LogP contribution in [0.3, 0.4) is 0 Å². The van der Waals surface area contributed by atoms with Crippen molar-refractivity contribution in [2.45, 2.75) is 39.0 Å². The zero-order chi connectivity index (χ0) is 16.1. The quantitative estimate of drug-likeness (QED) is 0.840. The van der Waals surface area contributed by atoms with Crippen LogP contribution in [0.25, 0.3) is 10.6 Å². The van der Waals surface area contributed by atoms with E-state index in [4.69, 9.17) is 0 Å². The third-order valence-electron chi connectivity index (χ3n) is 4.05. The summed E-state index contributed by atoms with van der Waals surface area (Å²) >= 11 is 1.44. The average molecular weight is 327 g/mol. The predicted molar refractivity (Wildman–Crippen MR) is 93.6 cm³/mol. The van der Waals surface area contributed by atoms with E-state index in [0.29, 0.717) is 11.4 Å². The molecule has 0 aromatic carbocycles. The Hall–Kier alpha value is -2.01. The molecule has 2 aromatic rings. The van der Waals surface area contributed by atoms with Crippen LogP contribution in [0.1, 0.15) is 47.5 Å². The minimum Gasteiger partial charge on any atom is -0.351 e. The number of rotatable bonds is 5. The molecule has 5 heteroatoms. The highest BCUT2D eigenvalue weighted by molar-refractivity contribution is 7.17. The summed E-state index contributed by atoms with van der Waals surface area (Å²) in [6.07, 6.45) is 11.7. The van der Waals surface area contributed by atoms with Gasteiger partial charge in [-0.3, -0.25) is 9.78 Å². The Bertz CT molecular complexity index is 706. The molecule has 0 unspecified atom stereocenters. The van der Waals surface area contributed by atoms with Gasteiger partial charge in [-0.25, -0.2) is 4.98 Å². The molecule has 1 aliphatic carbocycles. The zero-order valence-corrected chi connectivity index (χ0v) is 14.2. The Kier molecular flexibility index (Phi) is 5.18. The van der Waals surface area contributed by atoms with Gasteiger partial charge in [0, 0.05) is 24.5 Å². The number of allylic oxidation sites excluding steroid dienone is 1. The largest absolute Gasteiger partial charge is 0.351 e. The lowest BCUT2D eigenvalue weighted by atomic mass is 9.97. The standard InChI is InChI=1S/C18H21N3OS/c1-13-16(23-18(21-13)15-8-10-19-11-9-15)17(22)20-12-7-14-5-3-2-4-6-14/h5,8-11H,2-4,6-7,12H2,1H3,(H,20,22). The minimum atomic E-state index is -0.0169. The van der Waals surface area contributed by atoms with Gasteiger partial charge in [0.1, 0.15) is 9.88 Å². The number of carbonyl (C=O) groups excluding carboxylic acids is 1. The van der Waals surface area contributed by atoms with Crippen molar-refractivity contribution in [3.8, 4) is 10.6 Å². The fourth-order valence-corrected chi connectivity index (χ4v) is 3.76. The van der Waals surface area contributed by atoms with Crippen LogP contribution < -0.4 is 5.32 Å². The summed E-state index contributed by atoms with van der Waals surface area (Å²) in [5.41, 5.74) is 3.27. The second-order valence-corrected chi connectivity index (χ2v) is 6.78. The molecule has 0 radical (unpaired) electrons. The molecule has 4 nitrogen and oxygen atoms in total. The first kappa shape index (κ1) is 15.9. The Labute approximate surface area is 140 Å². The molecule has 23 heavy (non-hydrogen) atoms. The Morgan fingerprint density at radius 2 is 2.13 bits per heavy atom. The molecular formula is C18H21N3OS. The van der Waals surface area contributed by atoms with E-state index in [1.807, 2.05) is 19.1 Å². The number of amides is 1. The fraction of sp³-hybridized carbons (Fsp3) is 0.389. The van der Waals surface area contributed by atoms with Gasteiger partial charge in [-0.1, -0.05) is 11.6 Å². The van der Waals surface area contributed by atoms with Gasteiger partial charge in [-0.15, -0.1) is 11.3 Å². The van der Waals surface area contributed by atoms with E-state index in [9.17, 15) is 4.79 Å². The highest BCUT2D eigenvalue weighted by Gasteiger charge is 2.16. The third-order valence-corrected chi connectivity index (χ3v) is 5.25. The molecule has 0 atom stereocenters. The number of hydrogen-bond donors (Lipinski definition) is 1. The number of aromatic nitrogens is 2. The highest BCUT2D eigenvalue weighted by atomic mass is 32.1. The predicted octanol–water partition coefficient (Wildman–Crippen LogP) is 4.13. The van der Waals surface area contributed by atoms with Gasteiger partial charge in [0.15, 0.2) is 0 Å². The molecule has 0 spiro atoms. The van der Waals surface area contributed by atoms with Crippen molar-refractivity contribution in [2.75, 3.05) is 6.54 Å². The molecule has 0 aliphatic heterocycles. The van der Waals surface area contributed by atoms with Crippen LogP contribution in [0, 0.1) is 6.92 Å². The molecule has 0 saturated heterocycles. The Morgan fingerprint density at radius 1 is 1.30 bits per heavy atom. The molecular weight excluding hydrogens is 306 g/mol. The smallest absolute Gasteiger partial charge is 0.263 e. The van der Waals surface area contributed by atoms with Crippen LogP contribution in [0.4, 0.5) is 0 Å². The van der Waals surface area contributed by atoms with Gasteiger partial charge in [-0.2, -0.15) is 0 Å². The summed E-state index contributed by atoms with van der Waals surface area (Å²) in [4.78, 5) is 21.6. The number of hydrogen-bond acceptors (Lipinski definition) is 4. The minimum absolute atomic E-state index is 0.0169. The van der Waals surface area contributed by atoms with Gasteiger partial charge in [0.25, 0.3) is 5.91 Å². The van der Waals surface area contributed by atoms with E-state index >= 15 is 0 Å². The molecule has 1 aliphatic rings. The molecule has 0 fully saturated rings. The first-order valence-electron chi connectivity index (χ1n) is 8.08. The first-order chi connectivity index (χ1) is 11.2. The highest BCUT2D eigenvalue weighted by Crippen LogP contribution is 2.27. The zero-order valence-electron chi connectivity index (χ0n) is 13.3. The number of thiazole rings is 1. The monoisotopic (exact) mass is 327 g/mol. The van der Waals surface area contributed by atoms with Crippen molar-refractivity contribution < 1.29 is 4.79 Å². The van der Waals surface area contributed by atoms with E-state index in [-0.39, 0.29) is 5.91 Å². The van der Waals surface area contributed by atoms with E-state index < -0.39 is 0 Å². The summed E-state index contributed by atoms with van der Waals surface area (Å²) in [6.45, 7) is 2.59. The van der Waals surface area contributed by atoms with Crippen molar-refractivity contribution in [3.05, 3.63) is 46.7 Å². The van der Waals surface area contributed by atoms with Crippen LogP contribution in [0.15, 0.2) is 36.2 Å². The van der Waals surface area contributed by atoms with Crippen molar-refractivity contribution >= 4 is 17.2 Å². The lowest BCUT2D eigenvalue weighted by Crippen LogP contribution is -2.24. The van der Waals surface area contributed by atoms with Crippen LogP contribution in [-0.2, 0) is 0 Å². The van der Waals surface area contributed by atoms with Gasteiger partial charge < -0.3 is 5.32 Å². The molecule has 0 bridgehead atoms. The number of pyridine rings is 1. The molecule has 120 valence electrons.